The zero-order chi connectivity index (χ0) is 15.3. The maximum atomic E-state index is 12.2. The fourth-order valence-electron chi connectivity index (χ4n) is 2.48. The van der Waals surface area contributed by atoms with E-state index in [0.717, 1.165) is 13.0 Å². The molecule has 0 unspecified atom stereocenters. The Morgan fingerprint density at radius 2 is 2.38 bits per heavy atom. The van der Waals surface area contributed by atoms with Gasteiger partial charge in [-0.1, -0.05) is 13.8 Å². The highest BCUT2D eigenvalue weighted by atomic mass is 16.5. The van der Waals surface area contributed by atoms with Crippen molar-refractivity contribution in [1.29, 1.82) is 0 Å². The summed E-state index contributed by atoms with van der Waals surface area (Å²) < 4.78 is 7.65. The van der Waals surface area contributed by atoms with Gasteiger partial charge in [0.2, 0.25) is 0 Å². The molecule has 1 N–H and O–H groups in total. The van der Waals surface area contributed by atoms with E-state index in [9.17, 15) is 4.79 Å². The molecule has 0 spiro atoms. The van der Waals surface area contributed by atoms with Crippen LogP contribution in [0.5, 0.6) is 0 Å². The number of nitrogens with zero attached hydrogens (tertiary/aromatic N) is 3. The van der Waals surface area contributed by atoms with Crippen LogP contribution >= 0.6 is 0 Å². The minimum Gasteiger partial charge on any atom is -0.372 e. The molecule has 21 heavy (non-hydrogen) atoms. The molecule has 2 heterocycles. The van der Waals surface area contributed by atoms with Crippen LogP contribution in [0, 0.1) is 5.92 Å². The first kappa shape index (κ1) is 15.8. The van der Waals surface area contributed by atoms with E-state index in [0.29, 0.717) is 32.2 Å². The average molecular weight is 294 g/mol. The van der Waals surface area contributed by atoms with Crippen LogP contribution in [0.15, 0.2) is 18.5 Å². The highest BCUT2D eigenvalue weighted by molar-refractivity contribution is 5.74. The first-order chi connectivity index (χ1) is 10.0. The predicted molar refractivity (Wildman–Crippen MR) is 81.0 cm³/mol. The van der Waals surface area contributed by atoms with Crippen molar-refractivity contribution < 1.29 is 9.53 Å². The monoisotopic (exact) mass is 294 g/mol. The van der Waals surface area contributed by atoms with Crippen molar-refractivity contribution in [3.63, 3.8) is 0 Å². The molecule has 6 heteroatoms. The van der Waals surface area contributed by atoms with Crippen LogP contribution in [0.25, 0.3) is 0 Å². The first-order valence-electron chi connectivity index (χ1n) is 7.66. The van der Waals surface area contributed by atoms with Crippen molar-refractivity contribution in [3.05, 3.63) is 18.5 Å². The second kappa shape index (κ2) is 6.93. The quantitative estimate of drug-likeness (QED) is 0.899. The van der Waals surface area contributed by atoms with E-state index in [1.807, 2.05) is 21.8 Å². The summed E-state index contributed by atoms with van der Waals surface area (Å²) in [6, 6.07) is 1.91. The molecule has 1 saturated heterocycles. The smallest absolute Gasteiger partial charge is 0.317 e. The molecule has 2 rings (SSSR count). The van der Waals surface area contributed by atoms with Gasteiger partial charge < -0.3 is 15.0 Å². The third kappa shape index (κ3) is 4.46. The Morgan fingerprint density at radius 3 is 3.05 bits per heavy atom. The van der Waals surface area contributed by atoms with Crippen LogP contribution < -0.4 is 5.32 Å². The van der Waals surface area contributed by atoms with Gasteiger partial charge in [0.05, 0.1) is 18.8 Å². The van der Waals surface area contributed by atoms with E-state index in [1.165, 1.54) is 0 Å². The van der Waals surface area contributed by atoms with E-state index >= 15 is 0 Å². The Labute approximate surface area is 126 Å². The fraction of sp³-hybridized carbons (Fsp3) is 0.733. The molecule has 0 radical (unpaired) electrons. The molecule has 1 aromatic heterocycles. The molecule has 2 atom stereocenters. The third-order valence-electron chi connectivity index (χ3n) is 4.03. The normalized spacial score (nSPS) is 23.9. The molecule has 1 aliphatic rings. The highest BCUT2D eigenvalue weighted by Crippen LogP contribution is 2.20. The summed E-state index contributed by atoms with van der Waals surface area (Å²) in [4.78, 5) is 14.1. The summed E-state index contributed by atoms with van der Waals surface area (Å²) in [5, 5.41) is 7.20. The number of amides is 2. The van der Waals surface area contributed by atoms with Gasteiger partial charge in [-0.3, -0.25) is 4.68 Å². The van der Waals surface area contributed by atoms with Gasteiger partial charge in [0.15, 0.2) is 0 Å². The number of ether oxygens (including phenoxy) is 1. The Hall–Kier alpha value is -1.56. The number of rotatable bonds is 5. The standard InChI is InChI=1S/C15H26N4O2/c1-4-15(3)12-18(8-9-21-15)14(20)16-10-13(2)11-19-7-5-6-17-19/h5-7,13H,4,8-12H2,1-3H3,(H,16,20)/t13-,15+/m0/s1. The molecule has 0 aliphatic carbocycles. The minimum absolute atomic E-state index is 0.00490. The SMILES string of the molecule is CC[C@]1(C)CN(C(=O)NC[C@H](C)Cn2cccn2)CCO1. The van der Waals surface area contributed by atoms with Crippen molar-refractivity contribution >= 4 is 6.03 Å². The topological polar surface area (TPSA) is 59.4 Å². The largest absolute Gasteiger partial charge is 0.372 e. The summed E-state index contributed by atoms with van der Waals surface area (Å²) in [5.41, 5.74) is -0.212. The summed E-state index contributed by atoms with van der Waals surface area (Å²) >= 11 is 0. The highest BCUT2D eigenvalue weighted by Gasteiger charge is 2.32. The molecular formula is C15H26N4O2. The minimum atomic E-state index is -0.212. The van der Waals surface area contributed by atoms with E-state index in [4.69, 9.17) is 4.74 Å². The van der Waals surface area contributed by atoms with Gasteiger partial charge in [0.25, 0.3) is 0 Å². The number of hydrogen-bond donors (Lipinski definition) is 1. The number of aromatic nitrogens is 2. The fourth-order valence-corrected chi connectivity index (χ4v) is 2.48. The van der Waals surface area contributed by atoms with Crippen molar-refractivity contribution in [2.45, 2.75) is 39.3 Å². The number of nitrogens with one attached hydrogen (secondary N) is 1. The molecule has 0 saturated carbocycles. The van der Waals surface area contributed by atoms with Crippen LogP contribution in [0.4, 0.5) is 4.79 Å². The zero-order valence-electron chi connectivity index (χ0n) is 13.2. The Kier molecular flexibility index (Phi) is 5.22. The molecule has 1 fully saturated rings. The second-order valence-corrected chi connectivity index (χ2v) is 6.09. The molecule has 0 bridgehead atoms. The lowest BCUT2D eigenvalue weighted by molar-refractivity contribution is -0.0873. The average Bonchev–Trinajstić information content (AvgIpc) is 2.97. The lowest BCUT2D eigenvalue weighted by atomic mass is 10.0. The van der Waals surface area contributed by atoms with Crippen LogP contribution in [-0.4, -0.2) is 52.6 Å². The van der Waals surface area contributed by atoms with Gasteiger partial charge in [0, 0.05) is 32.0 Å². The van der Waals surface area contributed by atoms with Crippen molar-refractivity contribution in [3.8, 4) is 0 Å². The van der Waals surface area contributed by atoms with Gasteiger partial charge in [-0.25, -0.2) is 4.79 Å². The lowest BCUT2D eigenvalue weighted by Crippen LogP contribution is -2.54. The summed E-state index contributed by atoms with van der Waals surface area (Å²) in [7, 11) is 0. The molecule has 118 valence electrons. The van der Waals surface area contributed by atoms with E-state index in [-0.39, 0.29) is 11.6 Å². The van der Waals surface area contributed by atoms with Crippen LogP contribution in [0.2, 0.25) is 0 Å². The summed E-state index contributed by atoms with van der Waals surface area (Å²) in [5.74, 6) is 0.340. The molecule has 6 nitrogen and oxygen atoms in total. The lowest BCUT2D eigenvalue weighted by Gasteiger charge is -2.40. The third-order valence-corrected chi connectivity index (χ3v) is 4.03. The number of urea groups is 1. The summed E-state index contributed by atoms with van der Waals surface area (Å²) in [6.07, 6.45) is 4.62. The van der Waals surface area contributed by atoms with Crippen molar-refractivity contribution in [1.82, 2.24) is 20.0 Å². The number of hydrogen-bond acceptors (Lipinski definition) is 3. The first-order valence-corrected chi connectivity index (χ1v) is 7.66. The number of carbonyl (C=O) groups excluding carboxylic acids is 1. The number of carbonyl (C=O) groups is 1. The van der Waals surface area contributed by atoms with Crippen LogP contribution in [0.1, 0.15) is 27.2 Å². The van der Waals surface area contributed by atoms with Gasteiger partial charge in [0.1, 0.15) is 0 Å². The van der Waals surface area contributed by atoms with Crippen molar-refractivity contribution in [2.24, 2.45) is 5.92 Å². The maximum Gasteiger partial charge on any atom is 0.317 e. The van der Waals surface area contributed by atoms with E-state index in [1.54, 1.807) is 6.20 Å². The van der Waals surface area contributed by atoms with E-state index in [2.05, 4.69) is 31.2 Å². The van der Waals surface area contributed by atoms with E-state index < -0.39 is 0 Å². The Bertz CT molecular complexity index is 449. The predicted octanol–water partition coefficient (Wildman–Crippen LogP) is 1.73. The second-order valence-electron chi connectivity index (χ2n) is 6.09. The van der Waals surface area contributed by atoms with Gasteiger partial charge >= 0.3 is 6.03 Å². The molecule has 2 amide bonds. The summed E-state index contributed by atoms with van der Waals surface area (Å²) in [6.45, 7) is 9.65. The van der Waals surface area contributed by atoms with Gasteiger partial charge in [-0.05, 0) is 25.3 Å². The molecular weight excluding hydrogens is 268 g/mol. The Morgan fingerprint density at radius 1 is 1.57 bits per heavy atom. The van der Waals surface area contributed by atoms with Crippen molar-refractivity contribution in [2.75, 3.05) is 26.2 Å². The zero-order valence-corrected chi connectivity index (χ0v) is 13.2. The maximum absolute atomic E-state index is 12.2. The van der Waals surface area contributed by atoms with Gasteiger partial charge in [-0.15, -0.1) is 0 Å². The number of morpholine rings is 1. The van der Waals surface area contributed by atoms with Gasteiger partial charge in [-0.2, -0.15) is 5.10 Å². The Balaban J connectivity index is 1.76. The molecule has 0 aromatic carbocycles. The molecule has 1 aliphatic heterocycles. The molecule has 1 aromatic rings. The van der Waals surface area contributed by atoms with Crippen LogP contribution in [0.3, 0.4) is 0 Å². The van der Waals surface area contributed by atoms with Crippen LogP contribution in [-0.2, 0) is 11.3 Å².